The lowest BCUT2D eigenvalue weighted by Gasteiger charge is -2.25. The molecule has 0 unspecified atom stereocenters. The molecule has 20 heavy (non-hydrogen) atoms. The van der Waals surface area contributed by atoms with Crippen LogP contribution in [0.2, 0.25) is 0 Å². The molecule has 0 bridgehead atoms. The summed E-state index contributed by atoms with van der Waals surface area (Å²) in [4.78, 5) is 13.7. The lowest BCUT2D eigenvalue weighted by atomic mass is 10.1. The number of carbonyl (C=O) groups is 1. The van der Waals surface area contributed by atoms with Gasteiger partial charge in [-0.2, -0.15) is 0 Å². The topological polar surface area (TPSA) is 49.8 Å². The number of amides is 1. The van der Waals surface area contributed by atoms with E-state index in [-0.39, 0.29) is 25.2 Å². The molecule has 110 valence electrons. The van der Waals surface area contributed by atoms with E-state index in [0.29, 0.717) is 6.54 Å². The van der Waals surface area contributed by atoms with Crippen LogP contribution in [0.5, 0.6) is 5.75 Å². The maximum atomic E-state index is 12.1. The van der Waals surface area contributed by atoms with Crippen LogP contribution in [0.4, 0.5) is 0 Å². The first-order valence-electron chi connectivity index (χ1n) is 7.26. The Hall–Kier alpha value is -1.55. The van der Waals surface area contributed by atoms with E-state index in [4.69, 9.17) is 9.84 Å². The number of aliphatic hydroxyl groups is 1. The minimum Gasteiger partial charge on any atom is -0.484 e. The SMILES string of the molecule is CC(C)N(CCO)C(=O)COc1ccc2c(c1)CCC2. The molecule has 0 radical (unpaired) electrons. The number of aliphatic hydroxyl groups excluding tert-OH is 1. The molecule has 0 atom stereocenters. The number of aryl methyl sites for hydroxylation is 2. The molecule has 0 saturated carbocycles. The van der Waals surface area contributed by atoms with Crippen molar-refractivity contribution < 1.29 is 14.6 Å². The van der Waals surface area contributed by atoms with E-state index in [2.05, 4.69) is 6.07 Å². The van der Waals surface area contributed by atoms with E-state index >= 15 is 0 Å². The summed E-state index contributed by atoms with van der Waals surface area (Å²) in [7, 11) is 0. The number of carbonyl (C=O) groups excluding carboxylic acids is 1. The van der Waals surface area contributed by atoms with Gasteiger partial charge in [-0.25, -0.2) is 0 Å². The van der Waals surface area contributed by atoms with E-state index < -0.39 is 0 Å². The molecule has 0 aliphatic heterocycles. The highest BCUT2D eigenvalue weighted by Crippen LogP contribution is 2.26. The first-order chi connectivity index (χ1) is 9.61. The molecule has 0 spiro atoms. The van der Waals surface area contributed by atoms with Crippen LogP contribution >= 0.6 is 0 Å². The van der Waals surface area contributed by atoms with Gasteiger partial charge in [-0.1, -0.05) is 6.07 Å². The number of rotatable bonds is 6. The third kappa shape index (κ3) is 3.51. The maximum absolute atomic E-state index is 12.1. The summed E-state index contributed by atoms with van der Waals surface area (Å²) in [6, 6.07) is 6.14. The van der Waals surface area contributed by atoms with Crippen molar-refractivity contribution in [2.75, 3.05) is 19.8 Å². The minimum absolute atomic E-state index is 0.0248. The van der Waals surface area contributed by atoms with Gasteiger partial charge in [-0.3, -0.25) is 4.79 Å². The van der Waals surface area contributed by atoms with Crippen LogP contribution in [-0.4, -0.2) is 41.7 Å². The van der Waals surface area contributed by atoms with Gasteiger partial charge in [0.05, 0.1) is 6.61 Å². The Bertz CT molecular complexity index is 471. The Kier molecular flexibility index (Phi) is 5.01. The van der Waals surface area contributed by atoms with Crippen molar-refractivity contribution >= 4 is 5.91 Å². The fraction of sp³-hybridized carbons (Fsp3) is 0.562. The number of benzene rings is 1. The molecule has 0 fully saturated rings. The van der Waals surface area contributed by atoms with Crippen LogP contribution in [0.1, 0.15) is 31.4 Å². The number of hydrogen-bond acceptors (Lipinski definition) is 3. The van der Waals surface area contributed by atoms with Gasteiger partial charge < -0.3 is 14.7 Å². The lowest BCUT2D eigenvalue weighted by Crippen LogP contribution is -2.41. The summed E-state index contributed by atoms with van der Waals surface area (Å²) >= 11 is 0. The predicted molar refractivity (Wildman–Crippen MR) is 77.9 cm³/mol. The van der Waals surface area contributed by atoms with E-state index in [1.807, 2.05) is 26.0 Å². The zero-order chi connectivity index (χ0) is 14.5. The van der Waals surface area contributed by atoms with Crippen LogP contribution in [0.3, 0.4) is 0 Å². The second-order valence-corrected chi connectivity index (χ2v) is 5.48. The van der Waals surface area contributed by atoms with Crippen molar-refractivity contribution in [3.8, 4) is 5.75 Å². The fourth-order valence-corrected chi connectivity index (χ4v) is 2.64. The van der Waals surface area contributed by atoms with Crippen molar-refractivity contribution in [3.05, 3.63) is 29.3 Å². The summed E-state index contributed by atoms with van der Waals surface area (Å²) in [6.45, 7) is 4.22. The number of ether oxygens (including phenoxy) is 1. The zero-order valence-corrected chi connectivity index (χ0v) is 12.3. The van der Waals surface area contributed by atoms with Crippen molar-refractivity contribution in [2.45, 2.75) is 39.2 Å². The van der Waals surface area contributed by atoms with E-state index in [0.717, 1.165) is 18.6 Å². The Labute approximate surface area is 120 Å². The van der Waals surface area contributed by atoms with Crippen molar-refractivity contribution in [3.63, 3.8) is 0 Å². The molecule has 0 aromatic heterocycles. The van der Waals surface area contributed by atoms with Crippen LogP contribution in [0, 0.1) is 0 Å². The summed E-state index contributed by atoms with van der Waals surface area (Å²) in [5.41, 5.74) is 2.73. The third-order valence-corrected chi connectivity index (χ3v) is 3.72. The average molecular weight is 277 g/mol. The smallest absolute Gasteiger partial charge is 0.260 e. The molecular formula is C16H23NO3. The fourth-order valence-electron chi connectivity index (χ4n) is 2.64. The average Bonchev–Trinajstić information content (AvgIpc) is 2.89. The van der Waals surface area contributed by atoms with Gasteiger partial charge in [0, 0.05) is 12.6 Å². The Morgan fingerprint density at radius 3 is 2.80 bits per heavy atom. The standard InChI is InChI=1S/C16H23NO3/c1-12(2)17(8-9-18)16(19)11-20-15-7-6-13-4-3-5-14(13)10-15/h6-7,10,12,18H,3-5,8-9,11H2,1-2H3. The largest absolute Gasteiger partial charge is 0.484 e. The summed E-state index contributed by atoms with van der Waals surface area (Å²) in [6.07, 6.45) is 3.45. The Morgan fingerprint density at radius 1 is 1.35 bits per heavy atom. The van der Waals surface area contributed by atoms with Gasteiger partial charge in [0.25, 0.3) is 5.91 Å². The number of fused-ring (bicyclic) bond motifs is 1. The van der Waals surface area contributed by atoms with Gasteiger partial charge in [0.2, 0.25) is 0 Å². The molecule has 2 rings (SSSR count). The molecule has 1 N–H and O–H groups in total. The van der Waals surface area contributed by atoms with Gasteiger partial charge in [0.1, 0.15) is 5.75 Å². The number of nitrogens with zero attached hydrogens (tertiary/aromatic N) is 1. The zero-order valence-electron chi connectivity index (χ0n) is 12.3. The number of hydrogen-bond donors (Lipinski definition) is 1. The van der Waals surface area contributed by atoms with E-state index in [9.17, 15) is 4.79 Å². The molecule has 1 aliphatic rings. The summed E-state index contributed by atoms with van der Waals surface area (Å²) < 4.78 is 5.60. The van der Waals surface area contributed by atoms with Gasteiger partial charge in [0.15, 0.2) is 6.61 Å². The molecule has 4 heteroatoms. The van der Waals surface area contributed by atoms with E-state index in [1.165, 1.54) is 17.5 Å². The first-order valence-corrected chi connectivity index (χ1v) is 7.26. The second-order valence-electron chi connectivity index (χ2n) is 5.48. The van der Waals surface area contributed by atoms with Crippen molar-refractivity contribution in [1.82, 2.24) is 4.90 Å². The van der Waals surface area contributed by atoms with Crippen LogP contribution < -0.4 is 4.74 Å². The molecule has 1 aromatic rings. The monoisotopic (exact) mass is 277 g/mol. The van der Waals surface area contributed by atoms with Gasteiger partial charge in [-0.05, 0) is 56.4 Å². The summed E-state index contributed by atoms with van der Waals surface area (Å²) in [5, 5.41) is 8.99. The highest BCUT2D eigenvalue weighted by Gasteiger charge is 2.17. The van der Waals surface area contributed by atoms with Gasteiger partial charge >= 0.3 is 0 Å². The molecule has 1 aromatic carbocycles. The highest BCUT2D eigenvalue weighted by molar-refractivity contribution is 5.78. The third-order valence-electron chi connectivity index (χ3n) is 3.72. The lowest BCUT2D eigenvalue weighted by molar-refractivity contribution is -0.135. The minimum atomic E-state index is -0.0884. The molecule has 1 aliphatic carbocycles. The maximum Gasteiger partial charge on any atom is 0.260 e. The molecule has 4 nitrogen and oxygen atoms in total. The normalized spacial score (nSPS) is 13.4. The second kappa shape index (κ2) is 6.75. The summed E-state index contributed by atoms with van der Waals surface area (Å²) in [5.74, 6) is 0.668. The van der Waals surface area contributed by atoms with Crippen LogP contribution in [0.15, 0.2) is 18.2 Å². The van der Waals surface area contributed by atoms with Crippen molar-refractivity contribution in [1.29, 1.82) is 0 Å². The van der Waals surface area contributed by atoms with Crippen molar-refractivity contribution in [2.24, 2.45) is 0 Å². The predicted octanol–water partition coefficient (Wildman–Crippen LogP) is 1.78. The first kappa shape index (κ1) is 14.9. The van der Waals surface area contributed by atoms with Crippen LogP contribution in [-0.2, 0) is 17.6 Å². The highest BCUT2D eigenvalue weighted by atomic mass is 16.5. The molecule has 1 amide bonds. The quantitative estimate of drug-likeness (QED) is 0.862. The van der Waals surface area contributed by atoms with Gasteiger partial charge in [-0.15, -0.1) is 0 Å². The Morgan fingerprint density at radius 2 is 2.10 bits per heavy atom. The molecule has 0 saturated heterocycles. The Balaban J connectivity index is 1.92. The van der Waals surface area contributed by atoms with Crippen LogP contribution in [0.25, 0.3) is 0 Å². The van der Waals surface area contributed by atoms with E-state index in [1.54, 1.807) is 4.90 Å². The molecular weight excluding hydrogens is 254 g/mol. The molecule has 0 heterocycles.